The van der Waals surface area contributed by atoms with E-state index in [1.54, 1.807) is 11.3 Å². The second kappa shape index (κ2) is 5.33. The molecule has 0 aliphatic carbocycles. The number of aryl methyl sites for hydroxylation is 2. The van der Waals surface area contributed by atoms with Crippen LogP contribution in [0.5, 0.6) is 0 Å². The highest BCUT2D eigenvalue weighted by Crippen LogP contribution is 2.24. The van der Waals surface area contributed by atoms with E-state index in [1.807, 2.05) is 11.7 Å². The average Bonchev–Trinajstić information content (AvgIpc) is 2.85. The van der Waals surface area contributed by atoms with Crippen LogP contribution in [0.15, 0.2) is 22.0 Å². The van der Waals surface area contributed by atoms with Crippen molar-refractivity contribution in [1.29, 1.82) is 0 Å². The molecule has 2 rings (SSSR count). The van der Waals surface area contributed by atoms with Crippen LogP contribution < -0.4 is 5.73 Å². The number of aromatic nitrogens is 2. The molecule has 0 aliphatic heterocycles. The molecule has 0 aliphatic rings. The molecule has 0 saturated heterocycles. The van der Waals surface area contributed by atoms with Crippen molar-refractivity contribution in [1.82, 2.24) is 9.78 Å². The molecule has 2 aromatic heterocycles. The molecule has 0 spiro atoms. The Morgan fingerprint density at radius 2 is 2.29 bits per heavy atom. The zero-order chi connectivity index (χ0) is 12.4. The van der Waals surface area contributed by atoms with Crippen molar-refractivity contribution in [2.75, 3.05) is 0 Å². The van der Waals surface area contributed by atoms with Crippen LogP contribution in [0.2, 0.25) is 0 Å². The Labute approximate surface area is 114 Å². The van der Waals surface area contributed by atoms with Gasteiger partial charge in [0.05, 0.1) is 17.4 Å². The Balaban J connectivity index is 2.13. The van der Waals surface area contributed by atoms with E-state index in [2.05, 4.69) is 45.5 Å². The van der Waals surface area contributed by atoms with Crippen molar-refractivity contribution in [3.05, 3.63) is 38.3 Å². The first-order chi connectivity index (χ1) is 8.10. The average molecular weight is 314 g/mol. The normalized spacial score (nSPS) is 12.9. The van der Waals surface area contributed by atoms with Crippen molar-refractivity contribution in [2.24, 2.45) is 12.8 Å². The van der Waals surface area contributed by atoms with Crippen LogP contribution in [0, 0.1) is 0 Å². The predicted molar refractivity (Wildman–Crippen MR) is 75.2 cm³/mol. The van der Waals surface area contributed by atoms with Gasteiger partial charge in [-0.1, -0.05) is 6.92 Å². The monoisotopic (exact) mass is 313 g/mol. The first-order valence-corrected chi connectivity index (χ1v) is 7.28. The topological polar surface area (TPSA) is 43.8 Å². The van der Waals surface area contributed by atoms with Gasteiger partial charge >= 0.3 is 0 Å². The van der Waals surface area contributed by atoms with Crippen LogP contribution in [0.4, 0.5) is 0 Å². The second-order valence-corrected chi connectivity index (χ2v) is 5.99. The van der Waals surface area contributed by atoms with E-state index in [1.165, 1.54) is 4.88 Å². The van der Waals surface area contributed by atoms with E-state index in [4.69, 9.17) is 5.73 Å². The third kappa shape index (κ3) is 2.97. The minimum atomic E-state index is 0.0124. The van der Waals surface area contributed by atoms with E-state index in [9.17, 15) is 0 Å². The molecular weight excluding hydrogens is 298 g/mol. The van der Waals surface area contributed by atoms with Gasteiger partial charge in [-0.05, 0) is 34.5 Å². The lowest BCUT2D eigenvalue weighted by Crippen LogP contribution is -2.16. The zero-order valence-electron chi connectivity index (χ0n) is 9.98. The highest BCUT2D eigenvalue weighted by Gasteiger charge is 2.13. The van der Waals surface area contributed by atoms with E-state index in [-0.39, 0.29) is 6.04 Å². The van der Waals surface area contributed by atoms with E-state index in [0.29, 0.717) is 0 Å². The van der Waals surface area contributed by atoms with Gasteiger partial charge in [-0.15, -0.1) is 11.3 Å². The summed E-state index contributed by atoms with van der Waals surface area (Å²) in [4.78, 5) is 1.30. The van der Waals surface area contributed by atoms with Gasteiger partial charge in [0.15, 0.2) is 0 Å². The highest BCUT2D eigenvalue weighted by molar-refractivity contribution is 9.10. The van der Waals surface area contributed by atoms with Gasteiger partial charge in [0.1, 0.15) is 0 Å². The van der Waals surface area contributed by atoms with Crippen molar-refractivity contribution >= 4 is 27.3 Å². The van der Waals surface area contributed by atoms with Crippen molar-refractivity contribution in [2.45, 2.75) is 25.8 Å². The maximum atomic E-state index is 6.24. The quantitative estimate of drug-likeness (QED) is 0.942. The van der Waals surface area contributed by atoms with Gasteiger partial charge in [0.25, 0.3) is 0 Å². The third-order valence-electron chi connectivity index (χ3n) is 2.75. The zero-order valence-corrected chi connectivity index (χ0v) is 12.4. The number of halogens is 1. The smallest absolute Gasteiger partial charge is 0.0625 e. The molecular formula is C12H16BrN3S. The summed E-state index contributed by atoms with van der Waals surface area (Å²) in [6, 6.07) is 4.24. The van der Waals surface area contributed by atoms with Gasteiger partial charge in [0, 0.05) is 28.2 Å². The fourth-order valence-corrected chi connectivity index (χ4v) is 3.36. The molecule has 92 valence electrons. The summed E-state index contributed by atoms with van der Waals surface area (Å²) >= 11 is 5.19. The maximum absolute atomic E-state index is 6.24. The van der Waals surface area contributed by atoms with E-state index in [0.717, 1.165) is 28.7 Å². The molecule has 0 radical (unpaired) electrons. The lowest BCUT2D eigenvalue weighted by molar-refractivity contribution is 0.617. The van der Waals surface area contributed by atoms with E-state index < -0.39 is 0 Å². The number of thiophene rings is 1. The lowest BCUT2D eigenvalue weighted by atomic mass is 10.1. The number of rotatable bonds is 4. The molecule has 5 heteroatoms. The Bertz CT molecular complexity index is 504. The summed E-state index contributed by atoms with van der Waals surface area (Å²) in [5, 5.41) is 6.51. The number of hydrogen-bond donors (Lipinski definition) is 1. The van der Waals surface area contributed by atoms with Crippen LogP contribution in [0.25, 0.3) is 0 Å². The molecule has 0 fully saturated rings. The molecule has 0 amide bonds. The van der Waals surface area contributed by atoms with Gasteiger partial charge in [0.2, 0.25) is 0 Å². The predicted octanol–water partition coefficient (Wildman–Crippen LogP) is 3.05. The summed E-state index contributed by atoms with van der Waals surface area (Å²) in [5.74, 6) is 0. The number of nitrogens with two attached hydrogens (primary N) is 1. The highest BCUT2D eigenvalue weighted by atomic mass is 79.9. The van der Waals surface area contributed by atoms with Gasteiger partial charge < -0.3 is 5.73 Å². The second-order valence-electron chi connectivity index (χ2n) is 4.08. The minimum Gasteiger partial charge on any atom is -0.322 e. The summed E-state index contributed by atoms with van der Waals surface area (Å²) in [7, 11) is 1.96. The lowest BCUT2D eigenvalue weighted by Gasteiger charge is -2.10. The molecule has 2 N–H and O–H groups in total. The fourth-order valence-electron chi connectivity index (χ4n) is 1.85. The van der Waals surface area contributed by atoms with Crippen LogP contribution >= 0.6 is 27.3 Å². The molecule has 2 aromatic rings. The number of hydrogen-bond acceptors (Lipinski definition) is 3. The summed E-state index contributed by atoms with van der Waals surface area (Å²) in [6.45, 7) is 2.11. The van der Waals surface area contributed by atoms with Gasteiger partial charge in [-0.3, -0.25) is 4.68 Å². The van der Waals surface area contributed by atoms with Crippen LogP contribution in [-0.4, -0.2) is 9.78 Å². The van der Waals surface area contributed by atoms with Gasteiger partial charge in [-0.2, -0.15) is 5.10 Å². The Morgan fingerprint density at radius 3 is 2.82 bits per heavy atom. The maximum Gasteiger partial charge on any atom is 0.0625 e. The molecule has 3 nitrogen and oxygen atoms in total. The molecule has 0 bridgehead atoms. The molecule has 0 aromatic carbocycles. The Kier molecular flexibility index (Phi) is 4.01. The van der Waals surface area contributed by atoms with Crippen molar-refractivity contribution < 1.29 is 0 Å². The van der Waals surface area contributed by atoms with E-state index >= 15 is 0 Å². The molecule has 0 saturated carbocycles. The first-order valence-electron chi connectivity index (χ1n) is 5.61. The van der Waals surface area contributed by atoms with Crippen molar-refractivity contribution in [3.63, 3.8) is 0 Å². The summed E-state index contributed by atoms with van der Waals surface area (Å²) < 4.78 is 3.02. The van der Waals surface area contributed by atoms with Crippen molar-refractivity contribution in [3.8, 4) is 0 Å². The Hall–Kier alpha value is -0.650. The molecule has 1 atom stereocenters. The molecule has 17 heavy (non-hydrogen) atoms. The SMILES string of the molecule is CCc1cc(C(N)Cc2cc(Br)cs2)n(C)n1. The summed E-state index contributed by atoms with van der Waals surface area (Å²) in [5.41, 5.74) is 8.44. The fraction of sp³-hybridized carbons (Fsp3) is 0.417. The first kappa shape index (κ1) is 12.8. The standard InChI is InChI=1S/C12H16BrN3S/c1-3-9-5-12(16(2)15-9)11(14)6-10-4-8(13)7-17-10/h4-5,7,11H,3,6,14H2,1-2H3. The third-order valence-corrected chi connectivity index (χ3v) is 4.47. The summed E-state index contributed by atoms with van der Waals surface area (Å²) in [6.07, 6.45) is 1.81. The van der Waals surface area contributed by atoms with Gasteiger partial charge in [-0.25, -0.2) is 0 Å². The largest absolute Gasteiger partial charge is 0.322 e. The minimum absolute atomic E-state index is 0.0124. The molecule has 1 unspecified atom stereocenters. The van der Waals surface area contributed by atoms with Crippen LogP contribution in [0.3, 0.4) is 0 Å². The molecule has 2 heterocycles. The Morgan fingerprint density at radius 1 is 1.53 bits per heavy atom. The van der Waals surface area contributed by atoms with Crippen LogP contribution in [0.1, 0.15) is 29.2 Å². The van der Waals surface area contributed by atoms with Crippen LogP contribution in [-0.2, 0) is 19.9 Å². The number of nitrogens with zero attached hydrogens (tertiary/aromatic N) is 2.